The van der Waals surface area contributed by atoms with Crippen molar-refractivity contribution in [1.82, 2.24) is 0 Å². The summed E-state index contributed by atoms with van der Waals surface area (Å²) in [5, 5.41) is 15.9. The lowest BCUT2D eigenvalue weighted by atomic mass is 10.2. The molecule has 0 bridgehead atoms. The Bertz CT molecular complexity index is 1130. The molecule has 32 heavy (non-hydrogen) atoms. The van der Waals surface area contributed by atoms with Crippen molar-refractivity contribution in [3.05, 3.63) is 83.4 Å². The maximum Gasteiger partial charge on any atom is 0.335 e. The third-order valence-corrected chi connectivity index (χ3v) is 4.40. The van der Waals surface area contributed by atoms with Crippen LogP contribution in [0.1, 0.15) is 21.5 Å². The SMILES string of the molecule is COc1cc(C=NNc2cccc(C(=O)O)c2)ccc1OCC(=O)Nc1ccc(C)cc1. The van der Waals surface area contributed by atoms with Crippen molar-refractivity contribution in [2.24, 2.45) is 5.10 Å². The van der Waals surface area contributed by atoms with E-state index in [-0.39, 0.29) is 18.1 Å². The molecule has 8 heteroatoms. The second kappa shape index (κ2) is 10.6. The van der Waals surface area contributed by atoms with E-state index in [9.17, 15) is 9.59 Å². The first-order valence-corrected chi connectivity index (χ1v) is 9.74. The van der Waals surface area contributed by atoms with Gasteiger partial charge in [-0.05, 0) is 61.0 Å². The Kier molecular flexibility index (Phi) is 7.42. The van der Waals surface area contributed by atoms with Crippen LogP contribution in [0.5, 0.6) is 11.5 Å². The lowest BCUT2D eigenvalue weighted by molar-refractivity contribution is -0.118. The third kappa shape index (κ3) is 6.33. The molecule has 164 valence electrons. The van der Waals surface area contributed by atoms with Crippen molar-refractivity contribution in [3.63, 3.8) is 0 Å². The van der Waals surface area contributed by atoms with E-state index in [2.05, 4.69) is 15.8 Å². The summed E-state index contributed by atoms with van der Waals surface area (Å²) in [5.74, 6) is -0.421. The highest BCUT2D eigenvalue weighted by molar-refractivity contribution is 5.92. The molecule has 0 unspecified atom stereocenters. The first-order chi connectivity index (χ1) is 15.4. The van der Waals surface area contributed by atoms with E-state index >= 15 is 0 Å². The molecule has 0 aliphatic carbocycles. The minimum absolute atomic E-state index is 0.166. The molecule has 3 rings (SSSR count). The molecular weight excluding hydrogens is 410 g/mol. The molecule has 0 saturated heterocycles. The van der Waals surface area contributed by atoms with Crippen LogP contribution < -0.4 is 20.2 Å². The van der Waals surface area contributed by atoms with Crippen molar-refractivity contribution in [3.8, 4) is 11.5 Å². The number of nitrogens with one attached hydrogen (secondary N) is 2. The zero-order valence-electron chi connectivity index (χ0n) is 17.7. The topological polar surface area (TPSA) is 109 Å². The van der Waals surface area contributed by atoms with Crippen LogP contribution in [0.3, 0.4) is 0 Å². The summed E-state index contributed by atoms with van der Waals surface area (Å²) in [6.07, 6.45) is 1.56. The molecule has 0 aliphatic heterocycles. The number of carboxylic acid groups (broad SMARTS) is 1. The molecule has 0 radical (unpaired) electrons. The normalized spacial score (nSPS) is 10.6. The van der Waals surface area contributed by atoms with Crippen LogP contribution in [-0.2, 0) is 4.79 Å². The fourth-order valence-corrected chi connectivity index (χ4v) is 2.76. The van der Waals surface area contributed by atoms with Crippen LogP contribution >= 0.6 is 0 Å². The first-order valence-electron chi connectivity index (χ1n) is 9.74. The van der Waals surface area contributed by atoms with Gasteiger partial charge >= 0.3 is 5.97 Å². The van der Waals surface area contributed by atoms with Crippen LogP contribution in [0.15, 0.2) is 71.8 Å². The van der Waals surface area contributed by atoms with Crippen LogP contribution in [0.25, 0.3) is 0 Å². The van der Waals surface area contributed by atoms with Gasteiger partial charge in [-0.15, -0.1) is 0 Å². The third-order valence-electron chi connectivity index (χ3n) is 4.40. The van der Waals surface area contributed by atoms with Crippen molar-refractivity contribution in [2.75, 3.05) is 24.5 Å². The highest BCUT2D eigenvalue weighted by atomic mass is 16.5. The fraction of sp³-hybridized carbons (Fsp3) is 0.125. The summed E-state index contributed by atoms with van der Waals surface area (Å²) in [5.41, 5.74) is 6.03. The minimum Gasteiger partial charge on any atom is -0.493 e. The number of nitrogens with zero attached hydrogens (tertiary/aromatic N) is 1. The Hall–Kier alpha value is -4.33. The average molecular weight is 433 g/mol. The number of rotatable bonds is 9. The minimum atomic E-state index is -1.01. The Morgan fingerprint density at radius 2 is 1.78 bits per heavy atom. The Morgan fingerprint density at radius 1 is 1.00 bits per heavy atom. The maximum atomic E-state index is 12.1. The Balaban J connectivity index is 1.58. The van der Waals surface area contributed by atoms with E-state index in [1.54, 1.807) is 36.5 Å². The smallest absolute Gasteiger partial charge is 0.335 e. The van der Waals surface area contributed by atoms with E-state index in [1.807, 2.05) is 31.2 Å². The number of carbonyl (C=O) groups excluding carboxylic acids is 1. The number of amides is 1. The molecule has 0 atom stereocenters. The largest absolute Gasteiger partial charge is 0.493 e. The summed E-state index contributed by atoms with van der Waals surface area (Å²) in [6.45, 7) is 1.81. The summed E-state index contributed by atoms with van der Waals surface area (Å²) in [7, 11) is 1.51. The molecule has 3 aromatic carbocycles. The van der Waals surface area contributed by atoms with Gasteiger partial charge in [0.15, 0.2) is 18.1 Å². The predicted octanol–water partition coefficient (Wildman–Crippen LogP) is 4.17. The molecular formula is C24H23N3O5. The molecule has 3 N–H and O–H groups in total. The molecule has 0 spiro atoms. The van der Waals surface area contributed by atoms with Gasteiger partial charge in [0.1, 0.15) is 0 Å². The van der Waals surface area contributed by atoms with Crippen molar-refractivity contribution in [2.45, 2.75) is 6.92 Å². The highest BCUT2D eigenvalue weighted by Gasteiger charge is 2.09. The van der Waals surface area contributed by atoms with Gasteiger partial charge in [0.25, 0.3) is 5.91 Å². The predicted molar refractivity (Wildman–Crippen MR) is 123 cm³/mol. The number of benzene rings is 3. The zero-order valence-corrected chi connectivity index (χ0v) is 17.7. The van der Waals surface area contributed by atoms with E-state index in [4.69, 9.17) is 14.6 Å². The Morgan fingerprint density at radius 3 is 2.50 bits per heavy atom. The number of ether oxygens (including phenoxy) is 2. The molecule has 0 fully saturated rings. The van der Waals surface area contributed by atoms with Gasteiger partial charge < -0.3 is 19.9 Å². The number of carboxylic acids is 1. The number of methoxy groups -OCH3 is 1. The van der Waals surface area contributed by atoms with Crippen LogP contribution in [-0.4, -0.2) is 36.9 Å². The number of hydrazone groups is 1. The van der Waals surface area contributed by atoms with Gasteiger partial charge in [0, 0.05) is 5.69 Å². The van der Waals surface area contributed by atoms with Crippen LogP contribution in [0, 0.1) is 6.92 Å². The summed E-state index contributed by atoms with van der Waals surface area (Å²) >= 11 is 0. The van der Waals surface area contributed by atoms with E-state index < -0.39 is 5.97 Å². The number of carbonyl (C=O) groups is 2. The fourth-order valence-electron chi connectivity index (χ4n) is 2.76. The standard InChI is InChI=1S/C24H23N3O5/c1-16-6-9-19(10-7-16)26-23(28)15-32-21-11-8-17(12-22(21)31-2)14-25-27-20-5-3-4-18(13-20)24(29)30/h3-14,27H,15H2,1-2H3,(H,26,28)(H,29,30). The summed E-state index contributed by atoms with van der Waals surface area (Å²) in [4.78, 5) is 23.2. The summed E-state index contributed by atoms with van der Waals surface area (Å²) in [6, 6.07) is 19.0. The molecule has 0 aliphatic rings. The van der Waals surface area contributed by atoms with E-state index in [1.165, 1.54) is 19.2 Å². The van der Waals surface area contributed by atoms with Gasteiger partial charge in [-0.25, -0.2) is 4.79 Å². The average Bonchev–Trinajstić information content (AvgIpc) is 2.79. The molecule has 0 saturated carbocycles. The molecule has 0 aromatic heterocycles. The number of hydrogen-bond donors (Lipinski definition) is 3. The molecule has 1 amide bonds. The van der Waals surface area contributed by atoms with Crippen LogP contribution in [0.4, 0.5) is 11.4 Å². The van der Waals surface area contributed by atoms with Gasteiger partial charge in [-0.1, -0.05) is 23.8 Å². The zero-order chi connectivity index (χ0) is 22.9. The lowest BCUT2D eigenvalue weighted by Gasteiger charge is -2.11. The van der Waals surface area contributed by atoms with Crippen molar-refractivity contribution >= 4 is 29.5 Å². The second-order valence-corrected chi connectivity index (χ2v) is 6.87. The van der Waals surface area contributed by atoms with Gasteiger partial charge in [0.2, 0.25) is 0 Å². The highest BCUT2D eigenvalue weighted by Crippen LogP contribution is 2.27. The van der Waals surface area contributed by atoms with Crippen LogP contribution in [0.2, 0.25) is 0 Å². The maximum absolute atomic E-state index is 12.1. The van der Waals surface area contributed by atoms with Crippen molar-refractivity contribution < 1.29 is 24.2 Å². The van der Waals surface area contributed by atoms with Crippen molar-refractivity contribution in [1.29, 1.82) is 0 Å². The number of hydrogen-bond acceptors (Lipinski definition) is 6. The lowest BCUT2D eigenvalue weighted by Crippen LogP contribution is -2.20. The molecule has 8 nitrogen and oxygen atoms in total. The van der Waals surface area contributed by atoms with E-state index in [0.717, 1.165) is 11.1 Å². The van der Waals surface area contributed by atoms with Gasteiger partial charge in [-0.3, -0.25) is 10.2 Å². The van der Waals surface area contributed by atoms with Gasteiger partial charge in [0.05, 0.1) is 24.6 Å². The number of aromatic carboxylic acids is 1. The summed E-state index contributed by atoms with van der Waals surface area (Å²) < 4.78 is 10.9. The molecule has 0 heterocycles. The molecule has 3 aromatic rings. The Labute approximate surface area is 185 Å². The number of anilines is 2. The quantitative estimate of drug-likeness (QED) is 0.345. The van der Waals surface area contributed by atoms with Gasteiger partial charge in [-0.2, -0.15) is 5.10 Å². The van der Waals surface area contributed by atoms with E-state index in [0.29, 0.717) is 22.9 Å². The second-order valence-electron chi connectivity index (χ2n) is 6.87. The monoisotopic (exact) mass is 433 g/mol. The first kappa shape index (κ1) is 22.4. The number of aryl methyl sites for hydroxylation is 1.